The molecule has 4 aliphatic heterocycles. The fourth-order valence-electron chi connectivity index (χ4n) is 7.17. The Balaban J connectivity index is -0.000000161. The lowest BCUT2D eigenvalue weighted by Gasteiger charge is -2.59. The first-order chi connectivity index (χ1) is 19.6. The van der Waals surface area contributed by atoms with Gasteiger partial charge in [0.15, 0.2) is 0 Å². The fraction of sp³-hybridized carbons (Fsp3) is 1.00. The molecule has 4 saturated heterocycles. The van der Waals surface area contributed by atoms with E-state index in [0.717, 1.165) is 40.9 Å². The summed E-state index contributed by atoms with van der Waals surface area (Å²) in [5.41, 5.74) is 0.795. The Morgan fingerprint density at radius 1 is 0.625 bits per heavy atom. The lowest BCUT2D eigenvalue weighted by Crippen LogP contribution is -2.63. The van der Waals surface area contributed by atoms with Gasteiger partial charge in [-0.2, -0.15) is 0 Å². The van der Waals surface area contributed by atoms with Crippen molar-refractivity contribution in [3.05, 3.63) is 0 Å². The molecule has 0 aromatic rings. The third-order valence-electron chi connectivity index (χ3n) is 9.02. The molecule has 0 aromatic heterocycles. The van der Waals surface area contributed by atoms with Crippen molar-refractivity contribution >= 4 is 0 Å². The monoisotopic (exact) mass is 583 g/mol. The molecule has 3 saturated carbocycles. The smallest absolute Gasteiger partial charge is 0.00506 e. The third-order valence-corrected chi connectivity index (χ3v) is 9.02. The summed E-state index contributed by atoms with van der Waals surface area (Å²) in [5, 5.41) is 27.3. The van der Waals surface area contributed by atoms with Gasteiger partial charge in [0.2, 0.25) is 0 Å². The number of nitrogens with one attached hydrogen (secondary N) is 1. The highest BCUT2D eigenvalue weighted by Gasteiger charge is 2.53. The average Bonchev–Trinajstić information content (AvgIpc) is 3.79. The predicted molar refractivity (Wildman–Crippen MR) is 179 cm³/mol. The van der Waals surface area contributed by atoms with Gasteiger partial charge in [0.1, 0.15) is 0 Å². The van der Waals surface area contributed by atoms with Crippen LogP contribution in [0.15, 0.2) is 0 Å². The molecular weight excluding hydrogens is 504 g/mol. The summed E-state index contributed by atoms with van der Waals surface area (Å²) in [6.45, 7) is 33.7. The summed E-state index contributed by atoms with van der Waals surface area (Å²) in [7, 11) is 0. The lowest BCUT2D eigenvalue weighted by molar-refractivity contribution is -0.176. The van der Waals surface area contributed by atoms with Crippen molar-refractivity contribution in [1.82, 2.24) is 20.0 Å². The van der Waals surface area contributed by atoms with Crippen molar-refractivity contribution in [2.75, 3.05) is 72.0 Å². The van der Waals surface area contributed by atoms with Crippen LogP contribution in [0.3, 0.4) is 0 Å². The van der Waals surface area contributed by atoms with Crippen molar-refractivity contribution in [3.63, 3.8) is 0 Å². The predicted octanol–water partition coefficient (Wildman–Crippen LogP) is 7.34. The van der Waals surface area contributed by atoms with Gasteiger partial charge in [-0.25, -0.2) is 0 Å². The Morgan fingerprint density at radius 3 is 1.27 bits per heavy atom. The summed E-state index contributed by atoms with van der Waals surface area (Å²) >= 11 is 0. The average molecular weight is 583 g/mol. The summed E-state index contributed by atoms with van der Waals surface area (Å²) in [6.07, 6.45) is 7.42. The van der Waals surface area contributed by atoms with Crippen LogP contribution in [0, 0.1) is 40.9 Å². The standard InChI is InChI=1S/C14H24N2.C9H16N2.C3H8.3C2H6.2H2O2.4H2/c1-2-15-9-14(10-15)4-11(5-14)6-16-7-12-3-13(12)8-16;1-8-5-11(6-9(1)8)4-7-2-10-3-7;1-3-2;5*1-2;;;;/h11-13H,2-10H2,1H3;7-10H,1-6H2;3H2,1-2H3;3*1-2H3;2*1-2H;4*1H. The van der Waals surface area contributed by atoms with Crippen molar-refractivity contribution < 1.29 is 26.7 Å². The Labute approximate surface area is 254 Å². The van der Waals surface area contributed by atoms with Crippen LogP contribution in [-0.2, 0) is 0 Å². The van der Waals surface area contributed by atoms with E-state index in [2.05, 4.69) is 40.8 Å². The molecule has 7 aliphatic rings. The first-order valence-corrected chi connectivity index (χ1v) is 16.9. The Hall–Kier alpha value is -0.320. The summed E-state index contributed by atoms with van der Waals surface area (Å²) in [5.74, 6) is 6.50. The van der Waals surface area contributed by atoms with E-state index in [-0.39, 0.29) is 5.71 Å². The number of nitrogens with zero attached hydrogens (tertiary/aromatic N) is 3. The Bertz CT molecular complexity index is 581. The highest BCUT2D eigenvalue weighted by Crippen LogP contribution is 2.53. The minimum atomic E-state index is 0. The highest BCUT2D eigenvalue weighted by molar-refractivity contribution is 5.05. The highest BCUT2D eigenvalue weighted by atomic mass is 17.0. The van der Waals surface area contributed by atoms with Crippen molar-refractivity contribution in [2.24, 2.45) is 40.9 Å². The van der Waals surface area contributed by atoms with Crippen LogP contribution in [0.2, 0.25) is 0 Å². The molecule has 5 N–H and O–H groups in total. The quantitative estimate of drug-likeness (QED) is 0.169. The zero-order valence-electron chi connectivity index (χ0n) is 27.9. The van der Waals surface area contributed by atoms with Crippen LogP contribution >= 0.6 is 0 Å². The maximum atomic E-state index is 6.00. The van der Waals surface area contributed by atoms with E-state index in [1.165, 1.54) is 91.3 Å². The topological polar surface area (TPSA) is 103 Å². The van der Waals surface area contributed by atoms with Gasteiger partial charge in [-0.15, -0.1) is 0 Å². The molecule has 4 atom stereocenters. The maximum absolute atomic E-state index is 6.00. The fourth-order valence-corrected chi connectivity index (χ4v) is 7.17. The van der Waals surface area contributed by atoms with Crippen LogP contribution < -0.4 is 5.32 Å². The van der Waals surface area contributed by atoms with Crippen molar-refractivity contribution in [1.29, 1.82) is 0 Å². The van der Waals surface area contributed by atoms with E-state index in [9.17, 15) is 0 Å². The molecule has 3 aliphatic carbocycles. The Morgan fingerprint density at radius 2 is 0.975 bits per heavy atom. The van der Waals surface area contributed by atoms with Gasteiger partial charge in [0.05, 0.1) is 0 Å². The number of rotatable bonds is 5. The normalized spacial score (nSPS) is 29.9. The second-order valence-corrected chi connectivity index (χ2v) is 12.3. The van der Waals surface area contributed by atoms with E-state index >= 15 is 0 Å². The molecule has 7 rings (SSSR count). The molecular formula is C32H78N4O4. The van der Waals surface area contributed by atoms with Gasteiger partial charge in [0, 0.05) is 71.2 Å². The molecule has 8 heteroatoms. The van der Waals surface area contributed by atoms with Crippen LogP contribution in [-0.4, -0.2) is 108 Å². The molecule has 4 unspecified atom stereocenters. The van der Waals surface area contributed by atoms with Gasteiger partial charge in [-0.3, -0.25) is 21.0 Å². The van der Waals surface area contributed by atoms with Gasteiger partial charge < -0.3 is 20.0 Å². The van der Waals surface area contributed by atoms with E-state index in [1.807, 2.05) is 41.5 Å². The van der Waals surface area contributed by atoms with Gasteiger partial charge in [0.25, 0.3) is 0 Å². The third kappa shape index (κ3) is 12.5. The number of likely N-dealkylation sites (tertiary alicyclic amines) is 3. The molecule has 7 fully saturated rings. The lowest BCUT2D eigenvalue weighted by atomic mass is 9.57. The molecule has 1 spiro atoms. The summed E-state index contributed by atoms with van der Waals surface area (Å²) in [4.78, 5) is 8.03. The zero-order chi connectivity index (χ0) is 30.7. The van der Waals surface area contributed by atoms with Crippen LogP contribution in [0.4, 0.5) is 0 Å². The van der Waals surface area contributed by atoms with E-state index in [4.69, 9.17) is 21.0 Å². The second kappa shape index (κ2) is 22.3. The van der Waals surface area contributed by atoms with Gasteiger partial charge in [-0.05, 0) is 73.2 Å². The molecule has 0 aromatic carbocycles. The summed E-state index contributed by atoms with van der Waals surface area (Å²) in [6, 6.07) is 0. The largest absolute Gasteiger partial charge is 0.316 e. The van der Waals surface area contributed by atoms with Crippen molar-refractivity contribution in [3.8, 4) is 0 Å². The van der Waals surface area contributed by atoms with Crippen LogP contribution in [0.25, 0.3) is 0 Å². The van der Waals surface area contributed by atoms with Gasteiger partial charge in [-0.1, -0.05) is 68.7 Å². The van der Waals surface area contributed by atoms with Crippen LogP contribution in [0.1, 0.15) is 100 Å². The van der Waals surface area contributed by atoms with E-state index < -0.39 is 0 Å². The first kappa shape index (κ1) is 39.7. The van der Waals surface area contributed by atoms with Gasteiger partial charge >= 0.3 is 0 Å². The SMILES string of the molecule is C1NCC1CN1CC2CC2C1.CC.CC.CC.CCC.CCN1CC2(CC(CN3CC4CC4C3)C2)C1.OO.OO.[HH].[HH].[HH].[HH]. The Kier molecular flexibility index (Phi) is 22.1. The van der Waals surface area contributed by atoms with E-state index in [0.29, 0.717) is 0 Å². The number of hydrogen-bond donors (Lipinski definition) is 5. The molecule has 250 valence electrons. The molecule has 4 heterocycles. The zero-order valence-corrected chi connectivity index (χ0v) is 27.9. The van der Waals surface area contributed by atoms with E-state index in [1.54, 1.807) is 12.8 Å². The first-order valence-electron chi connectivity index (χ1n) is 16.9. The minimum absolute atomic E-state index is 0. The number of hydrogen-bond acceptors (Lipinski definition) is 8. The molecule has 0 radical (unpaired) electrons. The molecule has 0 bridgehead atoms. The summed E-state index contributed by atoms with van der Waals surface area (Å²) < 4.78 is 0. The molecule has 0 amide bonds. The molecule has 8 nitrogen and oxygen atoms in total. The molecule has 40 heavy (non-hydrogen) atoms. The van der Waals surface area contributed by atoms with Crippen molar-refractivity contribution in [2.45, 2.75) is 94.4 Å². The van der Waals surface area contributed by atoms with Crippen LogP contribution in [0.5, 0.6) is 0 Å². The number of fused-ring (bicyclic) bond motifs is 2. The maximum Gasteiger partial charge on any atom is 0.00506 e. The number of piperidine rings is 2. The minimum Gasteiger partial charge on any atom is -0.316 e. The second-order valence-electron chi connectivity index (χ2n) is 12.3.